The van der Waals surface area contributed by atoms with Crippen molar-refractivity contribution in [1.82, 2.24) is 10.6 Å². The Morgan fingerprint density at radius 1 is 1.42 bits per heavy atom. The lowest BCUT2D eigenvalue weighted by Crippen LogP contribution is -2.41. The first kappa shape index (κ1) is 13.3. The second-order valence-corrected chi connectivity index (χ2v) is 3.86. The highest BCUT2D eigenvalue weighted by Crippen LogP contribution is 2.10. The van der Waals surface area contributed by atoms with Crippen LogP contribution in [0.3, 0.4) is 0 Å². The first-order chi connectivity index (χ1) is 9.26. The van der Waals surface area contributed by atoms with Crippen LogP contribution in [0.2, 0.25) is 0 Å². The average Bonchev–Trinajstić information content (AvgIpc) is 2.81. The van der Waals surface area contributed by atoms with E-state index in [0.29, 0.717) is 18.8 Å². The van der Waals surface area contributed by atoms with Gasteiger partial charge in [0.15, 0.2) is 0 Å². The van der Waals surface area contributed by atoms with E-state index in [1.165, 1.54) is 0 Å². The molecule has 0 saturated heterocycles. The molecule has 0 bridgehead atoms. The van der Waals surface area contributed by atoms with Gasteiger partial charge in [0, 0.05) is 18.7 Å². The summed E-state index contributed by atoms with van der Waals surface area (Å²) < 4.78 is 11.4. The Labute approximate surface area is 109 Å². The van der Waals surface area contributed by atoms with Gasteiger partial charge >= 0.3 is 11.3 Å². The normalized spacial score (nSPS) is 10.6. The van der Waals surface area contributed by atoms with Crippen molar-refractivity contribution in [3.63, 3.8) is 0 Å². The molecule has 0 fully saturated rings. The fourth-order valence-corrected chi connectivity index (χ4v) is 1.67. The van der Waals surface area contributed by atoms with Crippen molar-refractivity contribution in [2.24, 2.45) is 0 Å². The zero-order chi connectivity index (χ0) is 13.7. The average molecular weight is 266 g/mol. The van der Waals surface area contributed by atoms with Crippen molar-refractivity contribution in [2.75, 3.05) is 20.3 Å². The van der Waals surface area contributed by atoms with Crippen molar-refractivity contribution < 1.29 is 19.0 Å². The Morgan fingerprint density at radius 3 is 2.79 bits per heavy atom. The number of rotatable bonds is 6. The SMILES string of the molecule is COc1ccc(-[n+]2[nH]oc(=O)c2CNCCO)cc1. The lowest BCUT2D eigenvalue weighted by atomic mass is 10.3. The van der Waals surface area contributed by atoms with E-state index in [2.05, 4.69) is 10.6 Å². The number of aliphatic hydroxyl groups excluding tert-OH is 1. The summed E-state index contributed by atoms with van der Waals surface area (Å²) in [4.78, 5) is 11.6. The summed E-state index contributed by atoms with van der Waals surface area (Å²) in [5.41, 5.74) is 0.743. The van der Waals surface area contributed by atoms with Crippen molar-refractivity contribution in [3.8, 4) is 11.4 Å². The third-order valence-corrected chi connectivity index (χ3v) is 2.65. The maximum atomic E-state index is 11.6. The maximum Gasteiger partial charge on any atom is 0.431 e. The van der Waals surface area contributed by atoms with Gasteiger partial charge in [-0.1, -0.05) is 0 Å². The minimum absolute atomic E-state index is 0.0122. The fourth-order valence-electron chi connectivity index (χ4n) is 1.67. The van der Waals surface area contributed by atoms with Gasteiger partial charge in [-0.05, 0) is 22.1 Å². The lowest BCUT2D eigenvalue weighted by Gasteiger charge is -1.99. The zero-order valence-corrected chi connectivity index (χ0v) is 10.5. The molecule has 0 atom stereocenters. The molecule has 3 N–H and O–H groups in total. The summed E-state index contributed by atoms with van der Waals surface area (Å²) >= 11 is 0. The molecule has 1 aromatic carbocycles. The molecule has 0 aliphatic rings. The highest BCUT2D eigenvalue weighted by atomic mass is 16.5. The third kappa shape index (κ3) is 3.01. The van der Waals surface area contributed by atoms with E-state index >= 15 is 0 Å². The van der Waals surface area contributed by atoms with Crippen molar-refractivity contribution in [3.05, 3.63) is 40.4 Å². The standard InChI is InChI=1S/C12H15N3O4/c1-18-10-4-2-9(3-5-10)15-11(8-13-6-7-16)12(17)19-14-15/h2-5,13,16H,6-8H2,1H3/p+1. The molecular weight excluding hydrogens is 250 g/mol. The Kier molecular flexibility index (Phi) is 4.32. The number of aromatic nitrogens is 2. The van der Waals surface area contributed by atoms with Crippen LogP contribution >= 0.6 is 0 Å². The van der Waals surface area contributed by atoms with Gasteiger partial charge in [-0.2, -0.15) is 0 Å². The Morgan fingerprint density at radius 2 is 2.16 bits per heavy atom. The van der Waals surface area contributed by atoms with Crippen LogP contribution in [-0.4, -0.2) is 30.6 Å². The third-order valence-electron chi connectivity index (χ3n) is 2.65. The molecule has 0 unspecified atom stereocenters. The topological polar surface area (TPSA) is 91.4 Å². The van der Waals surface area contributed by atoms with Gasteiger partial charge in [0.25, 0.3) is 0 Å². The first-order valence-electron chi connectivity index (χ1n) is 5.84. The predicted molar refractivity (Wildman–Crippen MR) is 66.2 cm³/mol. The number of hydrogen-bond donors (Lipinski definition) is 3. The molecule has 0 aliphatic heterocycles. The summed E-state index contributed by atoms with van der Waals surface area (Å²) in [7, 11) is 1.59. The molecule has 19 heavy (non-hydrogen) atoms. The molecular formula is C12H16N3O4+. The van der Waals surface area contributed by atoms with Crippen molar-refractivity contribution in [2.45, 2.75) is 6.54 Å². The van der Waals surface area contributed by atoms with Crippen LogP contribution in [0.15, 0.2) is 33.6 Å². The molecule has 0 aliphatic carbocycles. The molecule has 2 aromatic rings. The number of nitrogens with one attached hydrogen (secondary N) is 2. The number of benzene rings is 1. The van der Waals surface area contributed by atoms with Crippen LogP contribution in [0, 0.1) is 0 Å². The van der Waals surface area contributed by atoms with Gasteiger partial charge in [0.1, 0.15) is 5.75 Å². The van der Waals surface area contributed by atoms with Crippen LogP contribution in [0.5, 0.6) is 5.75 Å². The highest BCUT2D eigenvalue weighted by molar-refractivity contribution is 5.31. The molecule has 102 valence electrons. The number of aromatic amines is 1. The Hall–Kier alpha value is -2.12. The summed E-state index contributed by atoms with van der Waals surface area (Å²) in [6.07, 6.45) is 0. The van der Waals surface area contributed by atoms with Gasteiger partial charge in [-0.25, -0.2) is 4.79 Å². The highest BCUT2D eigenvalue weighted by Gasteiger charge is 2.22. The van der Waals surface area contributed by atoms with Crippen LogP contribution < -0.4 is 20.4 Å². The Bertz CT molecular complexity index is 573. The molecule has 7 nitrogen and oxygen atoms in total. The number of H-pyrrole nitrogens is 1. The largest absolute Gasteiger partial charge is 0.497 e. The van der Waals surface area contributed by atoms with Crippen molar-refractivity contribution in [1.29, 1.82) is 0 Å². The number of methoxy groups -OCH3 is 1. The van der Waals surface area contributed by atoms with Crippen LogP contribution in [0.4, 0.5) is 0 Å². The minimum Gasteiger partial charge on any atom is -0.497 e. The summed E-state index contributed by atoms with van der Waals surface area (Å²) in [5.74, 6) is 0.732. The van der Waals surface area contributed by atoms with E-state index < -0.39 is 5.63 Å². The van der Waals surface area contributed by atoms with Gasteiger partial charge in [-0.3, -0.25) is 4.52 Å². The van der Waals surface area contributed by atoms with E-state index in [1.54, 1.807) is 36.1 Å². The van der Waals surface area contributed by atoms with E-state index in [9.17, 15) is 4.79 Å². The van der Waals surface area contributed by atoms with Gasteiger partial charge in [-0.15, -0.1) is 0 Å². The molecule has 7 heteroatoms. The molecule has 1 heterocycles. The Balaban J connectivity index is 2.25. The summed E-state index contributed by atoms with van der Waals surface area (Å²) in [6.45, 7) is 0.726. The van der Waals surface area contributed by atoms with Crippen LogP contribution in [0.25, 0.3) is 5.69 Å². The van der Waals surface area contributed by atoms with Crippen molar-refractivity contribution >= 4 is 0 Å². The van der Waals surface area contributed by atoms with Crippen LogP contribution in [-0.2, 0) is 6.54 Å². The molecule has 0 amide bonds. The number of nitrogens with zero attached hydrogens (tertiary/aromatic N) is 1. The number of aliphatic hydroxyl groups is 1. The lowest BCUT2D eigenvalue weighted by molar-refractivity contribution is -0.677. The van der Waals surface area contributed by atoms with E-state index in [0.717, 1.165) is 11.4 Å². The maximum absolute atomic E-state index is 11.6. The second-order valence-electron chi connectivity index (χ2n) is 3.86. The van der Waals surface area contributed by atoms with Crippen LogP contribution in [0.1, 0.15) is 5.69 Å². The second kappa shape index (κ2) is 6.17. The fraction of sp³-hybridized carbons (Fsp3) is 0.333. The molecule has 2 rings (SSSR count). The first-order valence-corrected chi connectivity index (χ1v) is 5.84. The smallest absolute Gasteiger partial charge is 0.431 e. The van der Waals surface area contributed by atoms with Gasteiger partial charge < -0.3 is 15.2 Å². The quantitative estimate of drug-likeness (QED) is 0.477. The monoisotopic (exact) mass is 266 g/mol. The zero-order valence-electron chi connectivity index (χ0n) is 10.5. The number of hydrogen-bond acceptors (Lipinski definition) is 5. The summed E-state index contributed by atoms with van der Waals surface area (Å²) in [6, 6.07) is 7.19. The molecule has 0 spiro atoms. The van der Waals surface area contributed by atoms with E-state index in [-0.39, 0.29) is 6.61 Å². The predicted octanol–water partition coefficient (Wildman–Crippen LogP) is -0.665. The van der Waals surface area contributed by atoms with Gasteiger partial charge in [0.2, 0.25) is 5.69 Å². The molecule has 1 aromatic heterocycles. The molecule has 0 radical (unpaired) electrons. The van der Waals surface area contributed by atoms with E-state index in [1.807, 2.05) is 0 Å². The molecule has 0 saturated carbocycles. The van der Waals surface area contributed by atoms with E-state index in [4.69, 9.17) is 14.4 Å². The minimum atomic E-state index is -0.443. The summed E-state index contributed by atoms with van der Waals surface area (Å²) in [5, 5.41) is 14.2. The number of ether oxygens (including phenoxy) is 1. The van der Waals surface area contributed by atoms with Gasteiger partial charge in [0.05, 0.1) is 20.3 Å².